The van der Waals surface area contributed by atoms with E-state index in [4.69, 9.17) is 0 Å². The Balaban J connectivity index is 4.49. The maximum atomic E-state index is 12.0. The fraction of sp³-hybridized carbons (Fsp3) is 0.769. The number of thioether (sulfide) groups is 1. The lowest BCUT2D eigenvalue weighted by Gasteiger charge is -2.23. The van der Waals surface area contributed by atoms with E-state index in [2.05, 4.69) is 13.5 Å². The molecule has 3 heteroatoms. The zero-order chi connectivity index (χ0) is 12.8. The van der Waals surface area contributed by atoms with Crippen LogP contribution in [0, 0.1) is 5.92 Å². The molecule has 0 spiro atoms. The third-order valence-corrected chi connectivity index (χ3v) is 3.35. The molecule has 0 radical (unpaired) electrons. The Hall–Kier alpha value is -0.280. The summed E-state index contributed by atoms with van der Waals surface area (Å²) < 4.78 is -0.0948. The Morgan fingerprint density at radius 2 is 2.06 bits per heavy atom. The van der Waals surface area contributed by atoms with E-state index in [1.165, 1.54) is 17.8 Å². The molecule has 94 valence electrons. The molecule has 0 rings (SSSR count). The molecule has 0 aromatic rings. The van der Waals surface area contributed by atoms with Gasteiger partial charge in [-0.1, -0.05) is 58.4 Å². The molecule has 0 bridgehead atoms. The Morgan fingerprint density at radius 1 is 1.50 bits per heavy atom. The van der Waals surface area contributed by atoms with Gasteiger partial charge in [0.05, 0.1) is 12.0 Å². The van der Waals surface area contributed by atoms with Gasteiger partial charge in [-0.05, 0) is 6.42 Å². The van der Waals surface area contributed by atoms with Crippen LogP contribution in [0.15, 0.2) is 12.7 Å². The van der Waals surface area contributed by atoms with Gasteiger partial charge in [-0.2, -0.15) is 0 Å². The summed E-state index contributed by atoms with van der Waals surface area (Å²) in [5.41, 5.74) is 0. The van der Waals surface area contributed by atoms with Crippen LogP contribution in [0.5, 0.6) is 0 Å². The first kappa shape index (κ1) is 15.7. The molecule has 0 amide bonds. The molecule has 0 aliphatic heterocycles. The van der Waals surface area contributed by atoms with Gasteiger partial charge in [0, 0.05) is 4.75 Å². The number of hydrogen-bond donors (Lipinski definition) is 1. The second kappa shape index (κ2) is 7.13. The minimum absolute atomic E-state index is 0.0772. The van der Waals surface area contributed by atoms with Gasteiger partial charge in [-0.15, -0.1) is 6.58 Å². The molecule has 0 aliphatic rings. The molecule has 0 heterocycles. The van der Waals surface area contributed by atoms with Crippen molar-refractivity contribution in [2.75, 3.05) is 0 Å². The van der Waals surface area contributed by atoms with Gasteiger partial charge in [0.2, 0.25) is 0 Å². The molecule has 2 nitrogen and oxygen atoms in total. The number of hydrogen-bond acceptors (Lipinski definition) is 3. The number of aliphatic hydroxyl groups excluding tert-OH is 1. The highest BCUT2D eigenvalue weighted by molar-refractivity contribution is 8.14. The fourth-order valence-electron chi connectivity index (χ4n) is 1.39. The zero-order valence-electron chi connectivity index (χ0n) is 10.8. The van der Waals surface area contributed by atoms with Gasteiger partial charge in [-0.25, -0.2) is 0 Å². The highest BCUT2D eigenvalue weighted by Gasteiger charge is 2.28. The summed E-state index contributed by atoms with van der Waals surface area (Å²) in [6, 6.07) is 0. The minimum Gasteiger partial charge on any atom is -0.388 e. The SMILES string of the molecule is C=C[C@H](O)[C@@H](CCCC)C(=O)SC(C)(C)C. The Bertz CT molecular complexity index is 231. The average molecular weight is 244 g/mol. The monoisotopic (exact) mass is 244 g/mol. The maximum Gasteiger partial charge on any atom is 0.195 e. The highest BCUT2D eigenvalue weighted by atomic mass is 32.2. The molecule has 0 saturated heterocycles. The van der Waals surface area contributed by atoms with Crippen molar-refractivity contribution in [3.8, 4) is 0 Å². The van der Waals surface area contributed by atoms with Crippen molar-refractivity contribution in [2.45, 2.75) is 57.8 Å². The lowest BCUT2D eigenvalue weighted by atomic mass is 9.97. The highest BCUT2D eigenvalue weighted by Crippen LogP contribution is 2.30. The number of carbonyl (C=O) groups is 1. The number of carbonyl (C=O) groups excluding carboxylic acids is 1. The van der Waals surface area contributed by atoms with Crippen LogP contribution in [0.4, 0.5) is 0 Å². The van der Waals surface area contributed by atoms with Crippen molar-refractivity contribution in [3.63, 3.8) is 0 Å². The summed E-state index contributed by atoms with van der Waals surface area (Å²) in [5.74, 6) is -0.304. The summed E-state index contributed by atoms with van der Waals surface area (Å²) in [5, 5.41) is 9.84. The Kier molecular flexibility index (Phi) is 7.00. The standard InChI is InChI=1S/C13H24O2S/c1-6-8-9-10(11(14)7-2)12(15)16-13(3,4)5/h7,10-11,14H,2,6,8-9H2,1,3-5H3/t10-,11+/m1/s1. The van der Waals surface area contributed by atoms with Gasteiger partial charge in [0.1, 0.15) is 0 Å². The molecule has 0 aliphatic carbocycles. The number of rotatable bonds is 6. The van der Waals surface area contributed by atoms with Crippen LogP contribution in [0.2, 0.25) is 0 Å². The number of aliphatic hydroxyl groups is 1. The van der Waals surface area contributed by atoms with Crippen molar-refractivity contribution >= 4 is 16.9 Å². The van der Waals surface area contributed by atoms with E-state index >= 15 is 0 Å². The maximum absolute atomic E-state index is 12.0. The summed E-state index contributed by atoms with van der Waals surface area (Å²) in [6.07, 6.45) is 3.49. The van der Waals surface area contributed by atoms with Crippen molar-refractivity contribution in [2.24, 2.45) is 5.92 Å². The summed E-state index contributed by atoms with van der Waals surface area (Å²) in [6.45, 7) is 11.7. The van der Waals surface area contributed by atoms with Crippen LogP contribution in [0.3, 0.4) is 0 Å². The third-order valence-electron chi connectivity index (χ3n) is 2.23. The van der Waals surface area contributed by atoms with E-state index in [0.29, 0.717) is 0 Å². The van der Waals surface area contributed by atoms with Crippen molar-refractivity contribution in [1.82, 2.24) is 0 Å². The molecule has 1 N–H and O–H groups in total. The number of unbranched alkanes of at least 4 members (excludes halogenated alkanes) is 1. The molecule has 16 heavy (non-hydrogen) atoms. The van der Waals surface area contributed by atoms with Crippen LogP contribution in [0.25, 0.3) is 0 Å². The van der Waals surface area contributed by atoms with Gasteiger partial charge in [0.25, 0.3) is 0 Å². The second-order valence-electron chi connectivity index (χ2n) is 5.01. The first-order chi connectivity index (χ1) is 7.31. The molecule has 0 unspecified atom stereocenters. The van der Waals surface area contributed by atoms with Crippen molar-refractivity contribution in [3.05, 3.63) is 12.7 Å². The first-order valence-electron chi connectivity index (χ1n) is 5.85. The third kappa shape index (κ3) is 6.33. The predicted molar refractivity (Wildman–Crippen MR) is 71.6 cm³/mol. The predicted octanol–water partition coefficient (Wildman–Crippen LogP) is 3.40. The van der Waals surface area contributed by atoms with Gasteiger partial charge in [-0.3, -0.25) is 4.79 Å². The topological polar surface area (TPSA) is 37.3 Å². The Labute approximate surface area is 104 Å². The van der Waals surface area contributed by atoms with Gasteiger partial charge in [0.15, 0.2) is 5.12 Å². The normalized spacial score (nSPS) is 15.6. The summed E-state index contributed by atoms with van der Waals surface area (Å²) in [7, 11) is 0. The lowest BCUT2D eigenvalue weighted by molar-refractivity contribution is -0.117. The van der Waals surface area contributed by atoms with Crippen LogP contribution >= 0.6 is 11.8 Å². The van der Waals surface area contributed by atoms with Crippen LogP contribution in [-0.4, -0.2) is 21.1 Å². The Morgan fingerprint density at radius 3 is 2.44 bits per heavy atom. The molecule has 0 aromatic heterocycles. The summed E-state index contributed by atoms with van der Waals surface area (Å²) >= 11 is 1.31. The molecule has 2 atom stereocenters. The molecular weight excluding hydrogens is 220 g/mol. The zero-order valence-corrected chi connectivity index (χ0v) is 11.6. The van der Waals surface area contributed by atoms with E-state index in [0.717, 1.165) is 19.3 Å². The second-order valence-corrected chi connectivity index (χ2v) is 6.84. The smallest absolute Gasteiger partial charge is 0.195 e. The fourth-order valence-corrected chi connectivity index (χ4v) is 2.41. The molecule has 0 fully saturated rings. The van der Waals surface area contributed by atoms with Gasteiger partial charge < -0.3 is 5.11 Å². The van der Waals surface area contributed by atoms with Gasteiger partial charge >= 0.3 is 0 Å². The van der Waals surface area contributed by atoms with Crippen molar-refractivity contribution in [1.29, 1.82) is 0 Å². The quantitative estimate of drug-likeness (QED) is 0.728. The van der Waals surface area contributed by atoms with Crippen LogP contribution in [-0.2, 0) is 4.79 Å². The van der Waals surface area contributed by atoms with E-state index in [1.807, 2.05) is 20.8 Å². The van der Waals surface area contributed by atoms with E-state index in [-0.39, 0.29) is 15.8 Å². The molecule has 0 saturated carbocycles. The molecular formula is C13H24O2S. The first-order valence-corrected chi connectivity index (χ1v) is 6.67. The van der Waals surface area contributed by atoms with E-state index in [9.17, 15) is 9.90 Å². The lowest BCUT2D eigenvalue weighted by Crippen LogP contribution is -2.27. The van der Waals surface area contributed by atoms with Crippen molar-refractivity contribution < 1.29 is 9.90 Å². The van der Waals surface area contributed by atoms with Crippen LogP contribution < -0.4 is 0 Å². The van der Waals surface area contributed by atoms with Crippen LogP contribution in [0.1, 0.15) is 47.0 Å². The largest absolute Gasteiger partial charge is 0.388 e. The molecule has 0 aromatic carbocycles. The van der Waals surface area contributed by atoms with E-state index in [1.54, 1.807) is 0 Å². The summed E-state index contributed by atoms with van der Waals surface area (Å²) in [4.78, 5) is 12.0. The average Bonchev–Trinajstić information content (AvgIpc) is 2.15. The minimum atomic E-state index is -0.714. The van der Waals surface area contributed by atoms with E-state index < -0.39 is 6.10 Å².